The first-order chi connectivity index (χ1) is 11.4. The van der Waals surface area contributed by atoms with Gasteiger partial charge in [-0.15, -0.1) is 0 Å². The molecule has 3 rings (SSSR count). The van der Waals surface area contributed by atoms with E-state index in [4.69, 9.17) is 4.74 Å². The quantitative estimate of drug-likeness (QED) is 0.629. The van der Waals surface area contributed by atoms with Crippen molar-refractivity contribution >= 4 is 11.8 Å². The number of fused-ring (bicyclic) bond motifs is 1. The van der Waals surface area contributed by atoms with E-state index < -0.39 is 0 Å². The molecule has 2 atom stereocenters. The normalized spacial score (nSPS) is 23.8. The lowest BCUT2D eigenvalue weighted by atomic mass is 9.78. The highest BCUT2D eigenvalue weighted by molar-refractivity contribution is 6.05. The molecule has 24 heavy (non-hydrogen) atoms. The summed E-state index contributed by atoms with van der Waals surface area (Å²) in [6.07, 6.45) is 1.44. The molecule has 0 saturated carbocycles. The standard InChI is InChI=1S/C20H25NO3/c1-12-6-5-7-18(15(12)4)24-9-8-21-19(22)16-10-13(2)14(3)11-17(16)20(21)23/h5-7,16-17H,8-11H2,1-4H3/t16-,17-/m1/s1. The van der Waals surface area contributed by atoms with E-state index in [1.165, 1.54) is 21.6 Å². The highest BCUT2D eigenvalue weighted by atomic mass is 16.5. The first-order valence-electron chi connectivity index (χ1n) is 8.59. The summed E-state index contributed by atoms with van der Waals surface area (Å²) in [6, 6.07) is 5.92. The second-order valence-corrected chi connectivity index (χ2v) is 7.06. The van der Waals surface area contributed by atoms with Gasteiger partial charge in [-0.05, 0) is 57.7 Å². The van der Waals surface area contributed by atoms with Crippen LogP contribution in [0.15, 0.2) is 29.3 Å². The van der Waals surface area contributed by atoms with Gasteiger partial charge in [0.2, 0.25) is 11.8 Å². The number of aryl methyl sites for hydroxylation is 1. The molecule has 1 aromatic rings. The Balaban J connectivity index is 1.64. The third-order valence-electron chi connectivity index (χ3n) is 5.56. The number of carbonyl (C=O) groups is 2. The predicted molar refractivity (Wildman–Crippen MR) is 92.7 cm³/mol. The topological polar surface area (TPSA) is 46.6 Å². The third kappa shape index (κ3) is 2.85. The predicted octanol–water partition coefficient (Wildman–Crippen LogP) is 3.41. The van der Waals surface area contributed by atoms with Crippen molar-refractivity contribution in [2.24, 2.45) is 11.8 Å². The van der Waals surface area contributed by atoms with E-state index >= 15 is 0 Å². The highest BCUT2D eigenvalue weighted by Crippen LogP contribution is 2.40. The lowest BCUT2D eigenvalue weighted by molar-refractivity contribution is -0.140. The summed E-state index contributed by atoms with van der Waals surface area (Å²) in [5, 5.41) is 0. The van der Waals surface area contributed by atoms with Gasteiger partial charge >= 0.3 is 0 Å². The van der Waals surface area contributed by atoms with Gasteiger partial charge in [-0.1, -0.05) is 23.3 Å². The van der Waals surface area contributed by atoms with Crippen LogP contribution in [-0.4, -0.2) is 29.9 Å². The number of likely N-dealkylation sites (tertiary alicyclic amines) is 1. The van der Waals surface area contributed by atoms with Crippen LogP contribution >= 0.6 is 0 Å². The fourth-order valence-electron chi connectivity index (χ4n) is 3.67. The summed E-state index contributed by atoms with van der Waals surface area (Å²) < 4.78 is 5.82. The van der Waals surface area contributed by atoms with E-state index in [9.17, 15) is 9.59 Å². The number of nitrogens with zero attached hydrogens (tertiary/aromatic N) is 1. The Hall–Kier alpha value is -2.10. The molecular weight excluding hydrogens is 302 g/mol. The largest absolute Gasteiger partial charge is 0.491 e. The Kier molecular flexibility index (Phi) is 4.48. The van der Waals surface area contributed by atoms with Crippen molar-refractivity contribution in [1.29, 1.82) is 0 Å². The Morgan fingerprint density at radius 2 is 1.58 bits per heavy atom. The number of benzene rings is 1. The molecule has 0 spiro atoms. The number of ether oxygens (including phenoxy) is 1. The van der Waals surface area contributed by atoms with Crippen LogP contribution in [0, 0.1) is 25.7 Å². The fraction of sp³-hybridized carbons (Fsp3) is 0.500. The minimum atomic E-state index is -0.165. The molecule has 2 amide bonds. The molecule has 0 bridgehead atoms. The van der Waals surface area contributed by atoms with Crippen LogP contribution in [0.5, 0.6) is 5.75 Å². The minimum Gasteiger partial charge on any atom is -0.491 e. The molecule has 1 saturated heterocycles. The first kappa shape index (κ1) is 16.7. The second kappa shape index (κ2) is 6.42. The zero-order valence-electron chi connectivity index (χ0n) is 14.9. The SMILES string of the molecule is CC1=C(C)C[C@H]2C(=O)N(CCOc3cccc(C)c3C)C(=O)[C@@H]2C1. The zero-order chi connectivity index (χ0) is 17.4. The maximum Gasteiger partial charge on any atom is 0.233 e. The molecule has 1 fully saturated rings. The molecule has 128 valence electrons. The van der Waals surface area contributed by atoms with E-state index in [0.29, 0.717) is 13.2 Å². The van der Waals surface area contributed by atoms with E-state index in [-0.39, 0.29) is 23.7 Å². The van der Waals surface area contributed by atoms with Crippen molar-refractivity contribution in [3.05, 3.63) is 40.5 Å². The summed E-state index contributed by atoms with van der Waals surface area (Å²) in [4.78, 5) is 26.6. The molecule has 0 unspecified atom stereocenters. The van der Waals surface area contributed by atoms with Crippen molar-refractivity contribution in [2.45, 2.75) is 40.5 Å². The Morgan fingerprint density at radius 3 is 2.17 bits per heavy atom. The number of allylic oxidation sites excluding steroid dienone is 2. The molecule has 4 nitrogen and oxygen atoms in total. The third-order valence-corrected chi connectivity index (χ3v) is 5.56. The maximum absolute atomic E-state index is 12.6. The molecule has 2 aliphatic rings. The summed E-state index contributed by atoms with van der Waals surface area (Å²) in [5.41, 5.74) is 4.78. The Bertz CT molecular complexity index is 688. The fourth-order valence-corrected chi connectivity index (χ4v) is 3.67. The summed E-state index contributed by atoms with van der Waals surface area (Å²) in [5.74, 6) is 0.437. The van der Waals surface area contributed by atoms with Crippen LogP contribution in [0.3, 0.4) is 0 Å². The summed E-state index contributed by atoms with van der Waals surface area (Å²) in [7, 11) is 0. The van der Waals surface area contributed by atoms with Gasteiger partial charge in [0.25, 0.3) is 0 Å². The number of hydrogen-bond acceptors (Lipinski definition) is 3. The lowest BCUT2D eigenvalue weighted by Crippen LogP contribution is -2.34. The maximum atomic E-state index is 12.6. The van der Waals surface area contributed by atoms with Crippen LogP contribution in [-0.2, 0) is 9.59 Å². The van der Waals surface area contributed by atoms with Gasteiger partial charge in [-0.2, -0.15) is 0 Å². The number of carbonyl (C=O) groups excluding carboxylic acids is 2. The van der Waals surface area contributed by atoms with Gasteiger partial charge in [0, 0.05) is 0 Å². The van der Waals surface area contributed by atoms with Gasteiger partial charge < -0.3 is 4.74 Å². The van der Waals surface area contributed by atoms with Crippen LogP contribution in [0.25, 0.3) is 0 Å². The molecule has 1 heterocycles. The Morgan fingerprint density at radius 1 is 1.00 bits per heavy atom. The average Bonchev–Trinajstić information content (AvgIpc) is 2.77. The molecule has 0 radical (unpaired) electrons. The van der Waals surface area contributed by atoms with E-state index in [0.717, 1.165) is 24.2 Å². The van der Waals surface area contributed by atoms with Gasteiger partial charge in [-0.25, -0.2) is 0 Å². The van der Waals surface area contributed by atoms with Gasteiger partial charge in [0.05, 0.1) is 18.4 Å². The Labute approximate surface area is 143 Å². The van der Waals surface area contributed by atoms with Crippen LogP contribution < -0.4 is 4.74 Å². The van der Waals surface area contributed by atoms with Gasteiger partial charge in [0.1, 0.15) is 12.4 Å². The number of amides is 2. The van der Waals surface area contributed by atoms with Gasteiger partial charge in [-0.3, -0.25) is 14.5 Å². The lowest BCUT2D eigenvalue weighted by Gasteiger charge is -2.23. The van der Waals surface area contributed by atoms with Crippen molar-refractivity contribution in [3.63, 3.8) is 0 Å². The van der Waals surface area contributed by atoms with Crippen LogP contribution in [0.1, 0.15) is 37.8 Å². The van der Waals surface area contributed by atoms with Crippen molar-refractivity contribution in [2.75, 3.05) is 13.2 Å². The van der Waals surface area contributed by atoms with E-state index in [1.807, 2.05) is 32.0 Å². The molecule has 1 aliphatic heterocycles. The highest BCUT2D eigenvalue weighted by Gasteiger charge is 2.48. The first-order valence-corrected chi connectivity index (χ1v) is 8.59. The number of hydrogen-bond donors (Lipinski definition) is 0. The molecule has 1 aromatic carbocycles. The monoisotopic (exact) mass is 327 g/mol. The minimum absolute atomic E-state index is 0.0265. The smallest absolute Gasteiger partial charge is 0.233 e. The molecule has 4 heteroatoms. The van der Waals surface area contributed by atoms with Crippen LogP contribution in [0.2, 0.25) is 0 Å². The number of rotatable bonds is 4. The second-order valence-electron chi connectivity index (χ2n) is 7.06. The molecule has 0 aromatic heterocycles. The average molecular weight is 327 g/mol. The van der Waals surface area contributed by atoms with E-state index in [2.05, 4.69) is 13.8 Å². The number of imide groups is 1. The van der Waals surface area contributed by atoms with Crippen molar-refractivity contribution in [1.82, 2.24) is 4.90 Å². The van der Waals surface area contributed by atoms with Crippen LogP contribution in [0.4, 0.5) is 0 Å². The van der Waals surface area contributed by atoms with Crippen molar-refractivity contribution in [3.8, 4) is 5.75 Å². The summed E-state index contributed by atoms with van der Waals surface area (Å²) >= 11 is 0. The zero-order valence-corrected chi connectivity index (χ0v) is 14.9. The molecular formula is C20H25NO3. The summed E-state index contributed by atoms with van der Waals surface area (Å²) in [6.45, 7) is 8.86. The van der Waals surface area contributed by atoms with E-state index in [1.54, 1.807) is 0 Å². The van der Waals surface area contributed by atoms with Gasteiger partial charge in [0.15, 0.2) is 0 Å². The molecule has 0 N–H and O–H groups in total. The van der Waals surface area contributed by atoms with Crippen molar-refractivity contribution < 1.29 is 14.3 Å². The molecule has 1 aliphatic carbocycles.